The number of rotatable bonds is 7. The fraction of sp³-hybridized carbons (Fsp3) is 0.333. The third-order valence-corrected chi connectivity index (χ3v) is 3.47. The van der Waals surface area contributed by atoms with Crippen LogP contribution in [0.15, 0.2) is 21.7 Å². The van der Waals surface area contributed by atoms with E-state index in [1.54, 1.807) is 6.92 Å². The van der Waals surface area contributed by atoms with Crippen molar-refractivity contribution in [2.45, 2.75) is 19.9 Å². The standard InChI is InChI=1S/C15H17N5O7/c1-2-27-11(21)3-4-16-15(24)17-7-8-5-9(20(25)26)6-10-12(8)19-14(23)13(22)18-10/h5-6H,2-4,7H2,1H3,(H,18,22)(H,19,23)(H2,16,17,24). The van der Waals surface area contributed by atoms with Gasteiger partial charge >= 0.3 is 23.1 Å². The average molecular weight is 379 g/mol. The Balaban J connectivity index is 2.13. The van der Waals surface area contributed by atoms with E-state index in [1.807, 2.05) is 0 Å². The maximum Gasteiger partial charge on any atom is 0.315 e. The third kappa shape index (κ3) is 5.14. The summed E-state index contributed by atoms with van der Waals surface area (Å²) >= 11 is 0. The zero-order valence-corrected chi connectivity index (χ0v) is 14.3. The number of non-ortho nitro benzene ring substituents is 1. The van der Waals surface area contributed by atoms with Gasteiger partial charge in [0.1, 0.15) is 0 Å². The molecule has 0 bridgehead atoms. The van der Waals surface area contributed by atoms with Crippen LogP contribution in [-0.2, 0) is 16.1 Å². The van der Waals surface area contributed by atoms with Crippen LogP contribution in [0.25, 0.3) is 11.0 Å². The summed E-state index contributed by atoms with van der Waals surface area (Å²) in [5.41, 5.74) is -1.72. The molecule has 144 valence electrons. The molecule has 0 saturated carbocycles. The zero-order chi connectivity index (χ0) is 20.0. The molecule has 0 radical (unpaired) electrons. The van der Waals surface area contributed by atoms with Crippen molar-refractivity contribution >= 4 is 28.7 Å². The summed E-state index contributed by atoms with van der Waals surface area (Å²) in [6, 6.07) is 1.66. The number of esters is 1. The minimum absolute atomic E-state index is 0.00441. The molecule has 1 aromatic carbocycles. The summed E-state index contributed by atoms with van der Waals surface area (Å²) in [5, 5.41) is 15.9. The number of urea groups is 1. The van der Waals surface area contributed by atoms with Crippen LogP contribution in [0, 0.1) is 10.1 Å². The fourth-order valence-corrected chi connectivity index (χ4v) is 2.28. The van der Waals surface area contributed by atoms with Crippen molar-refractivity contribution in [1.82, 2.24) is 20.6 Å². The van der Waals surface area contributed by atoms with Crippen molar-refractivity contribution in [2.75, 3.05) is 13.2 Å². The minimum atomic E-state index is -0.946. The molecule has 0 unspecified atom stereocenters. The van der Waals surface area contributed by atoms with Crippen molar-refractivity contribution in [2.24, 2.45) is 0 Å². The number of nitrogens with one attached hydrogen (secondary N) is 4. The number of benzene rings is 1. The van der Waals surface area contributed by atoms with E-state index in [-0.39, 0.29) is 48.4 Å². The molecular formula is C15H17N5O7. The summed E-state index contributed by atoms with van der Waals surface area (Å²) in [6.07, 6.45) is -0.00441. The molecule has 0 aliphatic rings. The first kappa shape index (κ1) is 19.6. The third-order valence-electron chi connectivity index (χ3n) is 3.47. The molecule has 0 aliphatic carbocycles. The normalized spacial score (nSPS) is 10.4. The number of ether oxygens (including phenoxy) is 1. The zero-order valence-electron chi connectivity index (χ0n) is 14.3. The molecule has 27 heavy (non-hydrogen) atoms. The van der Waals surface area contributed by atoms with E-state index in [1.165, 1.54) is 6.07 Å². The van der Waals surface area contributed by atoms with E-state index < -0.39 is 28.0 Å². The number of amides is 2. The van der Waals surface area contributed by atoms with Gasteiger partial charge in [0.25, 0.3) is 5.69 Å². The highest BCUT2D eigenvalue weighted by atomic mass is 16.6. The molecular weight excluding hydrogens is 362 g/mol. The SMILES string of the molecule is CCOC(=O)CCNC(=O)NCc1cc([N+](=O)[O-])cc2[nH]c(=O)c(=O)[nH]c12. The van der Waals surface area contributed by atoms with Gasteiger partial charge in [-0.05, 0) is 6.92 Å². The first-order chi connectivity index (χ1) is 12.8. The number of fused-ring (bicyclic) bond motifs is 1. The van der Waals surface area contributed by atoms with Crippen molar-refractivity contribution in [3.63, 3.8) is 0 Å². The molecule has 4 N–H and O–H groups in total. The lowest BCUT2D eigenvalue weighted by molar-refractivity contribution is -0.384. The first-order valence-electron chi connectivity index (χ1n) is 7.92. The van der Waals surface area contributed by atoms with Crippen LogP contribution >= 0.6 is 0 Å². The predicted molar refractivity (Wildman–Crippen MR) is 93.3 cm³/mol. The molecule has 12 heteroatoms. The van der Waals surface area contributed by atoms with Gasteiger partial charge in [-0.1, -0.05) is 0 Å². The lowest BCUT2D eigenvalue weighted by atomic mass is 10.1. The number of hydrogen-bond donors (Lipinski definition) is 4. The van der Waals surface area contributed by atoms with Crippen LogP contribution in [0.2, 0.25) is 0 Å². The van der Waals surface area contributed by atoms with Crippen molar-refractivity contribution in [3.8, 4) is 0 Å². The summed E-state index contributed by atoms with van der Waals surface area (Å²) in [7, 11) is 0. The second-order valence-corrected chi connectivity index (χ2v) is 5.36. The molecule has 2 rings (SSSR count). The van der Waals surface area contributed by atoms with Gasteiger partial charge in [-0.3, -0.25) is 24.5 Å². The van der Waals surface area contributed by atoms with E-state index in [9.17, 15) is 29.3 Å². The first-order valence-corrected chi connectivity index (χ1v) is 7.92. The Labute approximate surface area is 151 Å². The number of aromatic nitrogens is 2. The predicted octanol–water partition coefficient (Wildman–Crippen LogP) is -0.123. The number of carbonyl (C=O) groups is 2. The van der Waals surface area contributed by atoms with Gasteiger partial charge in [-0.2, -0.15) is 0 Å². The highest BCUT2D eigenvalue weighted by Gasteiger charge is 2.14. The van der Waals surface area contributed by atoms with Crippen LogP contribution < -0.4 is 21.8 Å². The summed E-state index contributed by atoms with van der Waals surface area (Å²) in [6.45, 7) is 1.79. The highest BCUT2D eigenvalue weighted by Crippen LogP contribution is 2.21. The van der Waals surface area contributed by atoms with Crippen LogP contribution in [0.3, 0.4) is 0 Å². The van der Waals surface area contributed by atoms with Crippen LogP contribution in [0.4, 0.5) is 10.5 Å². The summed E-state index contributed by atoms with van der Waals surface area (Å²) < 4.78 is 4.72. The number of carbonyl (C=O) groups excluding carboxylic acids is 2. The average Bonchev–Trinajstić information content (AvgIpc) is 2.60. The van der Waals surface area contributed by atoms with Gasteiger partial charge in [-0.25, -0.2) is 4.79 Å². The lowest BCUT2D eigenvalue weighted by Crippen LogP contribution is -2.36. The quantitative estimate of drug-likeness (QED) is 0.224. The van der Waals surface area contributed by atoms with E-state index in [0.717, 1.165) is 6.07 Å². The minimum Gasteiger partial charge on any atom is -0.466 e. The second kappa shape index (κ2) is 8.60. The van der Waals surface area contributed by atoms with Gasteiger partial charge in [0.2, 0.25) is 0 Å². The summed E-state index contributed by atoms with van der Waals surface area (Å²) in [5.74, 6) is -0.455. The molecule has 0 aliphatic heterocycles. The topological polar surface area (TPSA) is 176 Å². The Hall–Kier alpha value is -3.70. The van der Waals surface area contributed by atoms with E-state index >= 15 is 0 Å². The maximum absolute atomic E-state index is 11.8. The number of nitro groups is 1. The Kier molecular flexibility index (Phi) is 6.25. The van der Waals surface area contributed by atoms with Crippen molar-refractivity contribution < 1.29 is 19.2 Å². The van der Waals surface area contributed by atoms with Crippen LogP contribution in [0.1, 0.15) is 18.9 Å². The summed E-state index contributed by atoms with van der Waals surface area (Å²) in [4.78, 5) is 60.9. The monoisotopic (exact) mass is 379 g/mol. The molecule has 1 aromatic heterocycles. The molecule has 2 aromatic rings. The van der Waals surface area contributed by atoms with Gasteiger partial charge in [0.05, 0.1) is 29.0 Å². The van der Waals surface area contributed by atoms with Gasteiger partial charge < -0.3 is 25.3 Å². The number of H-pyrrole nitrogens is 2. The van der Waals surface area contributed by atoms with Gasteiger partial charge in [0.15, 0.2) is 0 Å². The Morgan fingerprint density at radius 2 is 1.89 bits per heavy atom. The molecule has 0 fully saturated rings. The molecule has 0 saturated heterocycles. The number of aromatic amines is 2. The molecule has 2 amide bonds. The lowest BCUT2D eigenvalue weighted by Gasteiger charge is -2.09. The molecule has 1 heterocycles. The molecule has 0 atom stereocenters. The smallest absolute Gasteiger partial charge is 0.315 e. The Morgan fingerprint density at radius 3 is 2.56 bits per heavy atom. The fourth-order valence-electron chi connectivity index (χ4n) is 2.28. The van der Waals surface area contributed by atoms with Gasteiger partial charge in [0, 0.05) is 30.8 Å². The number of hydrogen-bond acceptors (Lipinski definition) is 7. The van der Waals surface area contributed by atoms with E-state index in [4.69, 9.17) is 4.74 Å². The maximum atomic E-state index is 11.8. The Morgan fingerprint density at radius 1 is 1.19 bits per heavy atom. The molecule has 12 nitrogen and oxygen atoms in total. The molecule has 0 spiro atoms. The van der Waals surface area contributed by atoms with Crippen molar-refractivity contribution in [3.05, 3.63) is 48.5 Å². The Bertz CT molecular complexity index is 994. The number of nitro benzene ring substituents is 1. The second-order valence-electron chi connectivity index (χ2n) is 5.36. The van der Waals surface area contributed by atoms with Gasteiger partial charge in [-0.15, -0.1) is 0 Å². The van der Waals surface area contributed by atoms with Crippen LogP contribution in [0.5, 0.6) is 0 Å². The van der Waals surface area contributed by atoms with Crippen molar-refractivity contribution in [1.29, 1.82) is 0 Å². The van der Waals surface area contributed by atoms with Crippen LogP contribution in [-0.4, -0.2) is 40.0 Å². The number of nitrogens with zero attached hydrogens (tertiary/aromatic N) is 1. The van der Waals surface area contributed by atoms with E-state index in [0.29, 0.717) is 0 Å². The largest absolute Gasteiger partial charge is 0.466 e. The van der Waals surface area contributed by atoms with E-state index in [2.05, 4.69) is 20.6 Å². The highest BCUT2D eigenvalue weighted by molar-refractivity contribution is 5.81.